The minimum Gasteiger partial charge on any atom is -0.454 e. The first-order chi connectivity index (χ1) is 12.9. The van der Waals surface area contributed by atoms with E-state index in [4.69, 9.17) is 9.47 Å². The number of hydrogen-bond donors (Lipinski definition) is 3. The monoisotopic (exact) mass is 374 g/mol. The van der Waals surface area contributed by atoms with Crippen molar-refractivity contribution in [2.45, 2.75) is 13.0 Å². The van der Waals surface area contributed by atoms with Crippen LogP contribution in [0.2, 0.25) is 0 Å². The molecule has 1 aliphatic heterocycles. The fourth-order valence-electron chi connectivity index (χ4n) is 2.59. The number of anilines is 2. The number of hydrogen-bond acceptors (Lipinski definition) is 4. The van der Waals surface area contributed by atoms with Crippen molar-refractivity contribution in [3.8, 4) is 11.5 Å². The third kappa shape index (κ3) is 4.73. The van der Waals surface area contributed by atoms with Crippen LogP contribution in [-0.2, 0) is 9.59 Å². The average Bonchev–Trinajstić information content (AvgIpc) is 3.10. The molecule has 0 saturated heterocycles. The Bertz CT molecular complexity index is 841. The summed E-state index contributed by atoms with van der Waals surface area (Å²) in [5, 5.41) is 5.50. The zero-order valence-corrected chi connectivity index (χ0v) is 15.0. The van der Waals surface area contributed by atoms with E-state index in [9.17, 15) is 14.0 Å². The average molecular weight is 374 g/mol. The molecule has 8 heteroatoms. The molecule has 3 N–H and O–H groups in total. The van der Waals surface area contributed by atoms with Crippen molar-refractivity contribution in [3.63, 3.8) is 0 Å². The molecule has 2 aromatic rings. The molecule has 0 fully saturated rings. The van der Waals surface area contributed by atoms with E-state index < -0.39 is 6.04 Å². The van der Waals surface area contributed by atoms with Crippen molar-refractivity contribution in [2.75, 3.05) is 31.0 Å². The number of rotatable bonds is 6. The molecule has 2 aromatic carbocycles. The first-order valence-corrected chi connectivity index (χ1v) is 8.50. The van der Waals surface area contributed by atoms with Crippen LogP contribution >= 0.6 is 0 Å². The Morgan fingerprint density at radius 1 is 1.07 bits per heavy atom. The van der Waals surface area contributed by atoms with E-state index in [0.717, 1.165) is 0 Å². The lowest BCUT2D eigenvalue weighted by Gasteiger charge is -2.20. The molecule has 0 saturated carbocycles. The van der Waals surface area contributed by atoms with E-state index in [2.05, 4.69) is 10.6 Å². The summed E-state index contributed by atoms with van der Waals surface area (Å²) in [5.74, 6) is 0.369. The van der Waals surface area contributed by atoms with Crippen molar-refractivity contribution in [1.82, 2.24) is 0 Å². The summed E-state index contributed by atoms with van der Waals surface area (Å²) >= 11 is 0. The summed E-state index contributed by atoms with van der Waals surface area (Å²) in [7, 11) is 1.76. The van der Waals surface area contributed by atoms with Crippen molar-refractivity contribution < 1.29 is 28.4 Å². The number of carbonyl (C=O) groups is 2. The number of halogens is 1. The number of fused-ring (bicyclic) bond motifs is 1. The molecule has 27 heavy (non-hydrogen) atoms. The minimum atomic E-state index is -0.464. The van der Waals surface area contributed by atoms with Crippen LogP contribution in [-0.4, -0.2) is 38.2 Å². The number of ether oxygens (including phenoxy) is 2. The smallest absolute Gasteiger partial charge is 0.282 e. The number of quaternary nitrogens is 1. The fourth-order valence-corrected chi connectivity index (χ4v) is 2.59. The highest BCUT2D eigenvalue weighted by Gasteiger charge is 2.24. The molecule has 0 radical (unpaired) electrons. The normalized spacial score (nSPS) is 14.3. The van der Waals surface area contributed by atoms with Gasteiger partial charge in [0.1, 0.15) is 5.82 Å². The highest BCUT2D eigenvalue weighted by molar-refractivity contribution is 5.94. The molecule has 0 bridgehead atoms. The summed E-state index contributed by atoms with van der Waals surface area (Å²) in [4.78, 5) is 25.3. The minimum absolute atomic E-state index is 0.0904. The number of amides is 2. The number of benzene rings is 2. The van der Waals surface area contributed by atoms with Gasteiger partial charge in [0.2, 0.25) is 6.79 Å². The van der Waals surface area contributed by atoms with E-state index in [-0.39, 0.29) is 31.0 Å². The molecule has 0 spiro atoms. The second-order valence-electron chi connectivity index (χ2n) is 6.36. The van der Waals surface area contributed by atoms with Crippen LogP contribution in [0.25, 0.3) is 0 Å². The number of carbonyl (C=O) groups excluding carboxylic acids is 2. The first-order valence-electron chi connectivity index (χ1n) is 8.50. The van der Waals surface area contributed by atoms with E-state index in [1.807, 2.05) is 0 Å². The highest BCUT2D eigenvalue weighted by atomic mass is 19.1. The molecule has 1 unspecified atom stereocenters. The van der Waals surface area contributed by atoms with E-state index in [0.29, 0.717) is 27.8 Å². The predicted molar refractivity (Wildman–Crippen MR) is 97.4 cm³/mol. The summed E-state index contributed by atoms with van der Waals surface area (Å²) in [6, 6.07) is 10.2. The predicted octanol–water partition coefficient (Wildman–Crippen LogP) is 1.03. The van der Waals surface area contributed by atoms with Crippen LogP contribution in [0.1, 0.15) is 6.92 Å². The molecule has 2 atom stereocenters. The van der Waals surface area contributed by atoms with Gasteiger partial charge in [-0.3, -0.25) is 9.59 Å². The Hall–Kier alpha value is -3.13. The third-order valence-corrected chi connectivity index (χ3v) is 4.34. The maximum absolute atomic E-state index is 12.9. The van der Waals surface area contributed by atoms with Crippen molar-refractivity contribution in [2.24, 2.45) is 0 Å². The molecule has 2 amide bonds. The quantitative estimate of drug-likeness (QED) is 0.706. The van der Waals surface area contributed by atoms with Crippen molar-refractivity contribution in [1.29, 1.82) is 0 Å². The fraction of sp³-hybridized carbons (Fsp3) is 0.263. The van der Waals surface area contributed by atoms with Crippen LogP contribution in [0.15, 0.2) is 42.5 Å². The topological polar surface area (TPSA) is 81.1 Å². The molecular weight excluding hydrogens is 353 g/mol. The van der Waals surface area contributed by atoms with Gasteiger partial charge in [-0.15, -0.1) is 0 Å². The van der Waals surface area contributed by atoms with E-state index in [1.165, 1.54) is 24.3 Å². The van der Waals surface area contributed by atoms with Crippen LogP contribution in [0, 0.1) is 5.82 Å². The first kappa shape index (κ1) is 18.7. The lowest BCUT2D eigenvalue weighted by molar-refractivity contribution is -0.885. The lowest BCUT2D eigenvalue weighted by atomic mass is 10.2. The Labute approximate surface area is 156 Å². The Morgan fingerprint density at radius 3 is 2.48 bits per heavy atom. The Kier molecular flexibility index (Phi) is 5.56. The number of nitrogens with one attached hydrogen (secondary N) is 3. The second-order valence-corrected chi connectivity index (χ2v) is 6.36. The summed E-state index contributed by atoms with van der Waals surface area (Å²) in [6.45, 7) is 2.00. The molecule has 7 nitrogen and oxygen atoms in total. The van der Waals surface area contributed by atoms with Crippen LogP contribution in [0.3, 0.4) is 0 Å². The highest BCUT2D eigenvalue weighted by Crippen LogP contribution is 2.34. The molecule has 0 aromatic heterocycles. The maximum atomic E-state index is 12.9. The Morgan fingerprint density at radius 2 is 1.74 bits per heavy atom. The zero-order valence-electron chi connectivity index (χ0n) is 15.0. The van der Waals surface area contributed by atoms with Gasteiger partial charge in [-0.2, -0.15) is 0 Å². The standard InChI is InChI=1S/C19H20FN3O4/c1-12(19(25)22-15-7-8-16-17(9-15)27-11-26-16)23(2)10-18(24)21-14-5-3-13(20)4-6-14/h3-9,12H,10-11H2,1-2H3,(H,21,24)(H,22,25)/p+1/t12-/m0/s1. The van der Waals surface area contributed by atoms with E-state index >= 15 is 0 Å². The molecule has 142 valence electrons. The van der Waals surface area contributed by atoms with Gasteiger partial charge in [0.15, 0.2) is 24.1 Å². The molecule has 3 rings (SSSR count). The lowest BCUT2D eigenvalue weighted by Crippen LogP contribution is -3.14. The van der Waals surface area contributed by atoms with Gasteiger partial charge >= 0.3 is 0 Å². The maximum Gasteiger partial charge on any atom is 0.282 e. The molecular formula is C19H21FN3O4+. The molecule has 1 aliphatic rings. The van der Waals surface area contributed by atoms with Crippen LogP contribution < -0.4 is 25.0 Å². The van der Waals surface area contributed by atoms with Gasteiger partial charge in [-0.1, -0.05) is 0 Å². The van der Waals surface area contributed by atoms with Crippen molar-refractivity contribution in [3.05, 3.63) is 48.3 Å². The van der Waals surface area contributed by atoms with Gasteiger partial charge in [0.25, 0.3) is 11.8 Å². The molecule has 0 aliphatic carbocycles. The number of likely N-dealkylation sites (N-methyl/N-ethyl adjacent to an activating group) is 1. The van der Waals surface area contributed by atoms with Gasteiger partial charge in [-0.25, -0.2) is 4.39 Å². The van der Waals surface area contributed by atoms with Crippen LogP contribution in [0.5, 0.6) is 11.5 Å². The van der Waals surface area contributed by atoms with Gasteiger partial charge in [0, 0.05) is 17.4 Å². The summed E-state index contributed by atoms with van der Waals surface area (Å²) < 4.78 is 23.4. The zero-order chi connectivity index (χ0) is 19.4. The second kappa shape index (κ2) is 8.05. The van der Waals surface area contributed by atoms with Crippen molar-refractivity contribution >= 4 is 23.2 Å². The van der Waals surface area contributed by atoms with Crippen LogP contribution in [0.4, 0.5) is 15.8 Å². The van der Waals surface area contributed by atoms with E-state index in [1.54, 1.807) is 32.2 Å². The van der Waals surface area contributed by atoms with Gasteiger partial charge in [0.05, 0.1) is 7.05 Å². The third-order valence-electron chi connectivity index (χ3n) is 4.34. The largest absolute Gasteiger partial charge is 0.454 e. The summed E-state index contributed by atoms with van der Waals surface area (Å²) in [6.07, 6.45) is 0. The SMILES string of the molecule is C[C@@H](C(=O)Nc1ccc2c(c1)OCO2)[NH+](C)CC(=O)Nc1ccc(F)cc1. The Balaban J connectivity index is 1.52. The van der Waals surface area contributed by atoms with Gasteiger partial charge in [-0.05, 0) is 43.3 Å². The summed E-state index contributed by atoms with van der Waals surface area (Å²) in [5.41, 5.74) is 1.10. The van der Waals surface area contributed by atoms with Gasteiger partial charge < -0.3 is 25.0 Å². The molecule has 1 heterocycles.